The van der Waals surface area contributed by atoms with Gasteiger partial charge in [0, 0.05) is 18.1 Å². The molecular formula is C16H30N2O2. The summed E-state index contributed by atoms with van der Waals surface area (Å²) in [5.74, 6) is 0.247. The highest BCUT2D eigenvalue weighted by molar-refractivity contribution is 5.79. The van der Waals surface area contributed by atoms with Gasteiger partial charge in [0.2, 0.25) is 5.91 Å². The summed E-state index contributed by atoms with van der Waals surface area (Å²) in [6.45, 7) is 7.59. The SMILES string of the molecule is C[C@H](O)[C@@H]1CCCCN1CC(=O)N1[C@@H](C)CCC[C@@H]1C. The van der Waals surface area contributed by atoms with E-state index in [4.69, 9.17) is 0 Å². The average Bonchev–Trinajstić information content (AvgIpc) is 2.38. The molecule has 0 aromatic rings. The standard InChI is InChI=1S/C16H30N2O2/c1-12-7-6-8-13(2)18(12)16(20)11-17-10-5-4-9-15(17)14(3)19/h12-15,19H,4-11H2,1-3H3/t12-,13-,14-,15-/m0/s1. The summed E-state index contributed by atoms with van der Waals surface area (Å²) in [5.41, 5.74) is 0. The third kappa shape index (κ3) is 3.53. The van der Waals surface area contributed by atoms with Crippen molar-refractivity contribution >= 4 is 5.91 Å². The second-order valence-corrected chi connectivity index (χ2v) is 6.70. The number of likely N-dealkylation sites (tertiary alicyclic amines) is 2. The van der Waals surface area contributed by atoms with E-state index in [0.29, 0.717) is 18.6 Å². The summed E-state index contributed by atoms with van der Waals surface area (Å²) < 4.78 is 0. The van der Waals surface area contributed by atoms with Crippen LogP contribution in [0.3, 0.4) is 0 Å². The van der Waals surface area contributed by atoms with Crippen molar-refractivity contribution in [2.75, 3.05) is 13.1 Å². The largest absolute Gasteiger partial charge is 0.392 e. The lowest BCUT2D eigenvalue weighted by Gasteiger charge is -2.42. The Hall–Kier alpha value is -0.610. The second-order valence-electron chi connectivity index (χ2n) is 6.70. The molecule has 0 bridgehead atoms. The predicted octanol–water partition coefficient (Wildman–Crippen LogP) is 2.01. The molecule has 2 fully saturated rings. The number of rotatable bonds is 3. The minimum Gasteiger partial charge on any atom is -0.392 e. The van der Waals surface area contributed by atoms with Gasteiger partial charge >= 0.3 is 0 Å². The monoisotopic (exact) mass is 282 g/mol. The van der Waals surface area contributed by atoms with Crippen LogP contribution in [0.4, 0.5) is 0 Å². The predicted molar refractivity (Wildman–Crippen MR) is 80.5 cm³/mol. The van der Waals surface area contributed by atoms with E-state index < -0.39 is 0 Å². The molecule has 4 nitrogen and oxygen atoms in total. The maximum Gasteiger partial charge on any atom is 0.237 e. The summed E-state index contributed by atoms with van der Waals surface area (Å²) in [5, 5.41) is 9.91. The van der Waals surface area contributed by atoms with Gasteiger partial charge in [0.1, 0.15) is 0 Å². The van der Waals surface area contributed by atoms with Crippen molar-refractivity contribution in [3.8, 4) is 0 Å². The van der Waals surface area contributed by atoms with E-state index in [0.717, 1.165) is 38.6 Å². The number of carbonyl (C=O) groups excluding carboxylic acids is 1. The zero-order valence-corrected chi connectivity index (χ0v) is 13.2. The quantitative estimate of drug-likeness (QED) is 0.861. The minimum absolute atomic E-state index is 0.156. The van der Waals surface area contributed by atoms with Crippen molar-refractivity contribution in [3.05, 3.63) is 0 Å². The van der Waals surface area contributed by atoms with Gasteiger partial charge in [-0.3, -0.25) is 9.69 Å². The van der Waals surface area contributed by atoms with Gasteiger partial charge in [0.05, 0.1) is 12.6 Å². The first-order chi connectivity index (χ1) is 9.50. The number of aliphatic hydroxyl groups is 1. The molecule has 2 saturated heterocycles. The van der Waals surface area contributed by atoms with Crippen molar-refractivity contribution in [2.24, 2.45) is 0 Å². The first kappa shape index (κ1) is 15.8. The maximum atomic E-state index is 12.7. The molecule has 0 radical (unpaired) electrons. The number of amides is 1. The van der Waals surface area contributed by atoms with Crippen molar-refractivity contribution in [1.82, 2.24) is 9.80 Å². The molecule has 2 rings (SSSR count). The average molecular weight is 282 g/mol. The Bertz CT molecular complexity index is 322. The molecule has 0 aromatic carbocycles. The van der Waals surface area contributed by atoms with Crippen LogP contribution in [0.5, 0.6) is 0 Å². The van der Waals surface area contributed by atoms with Gasteiger partial charge in [-0.15, -0.1) is 0 Å². The van der Waals surface area contributed by atoms with Crippen LogP contribution in [0, 0.1) is 0 Å². The van der Waals surface area contributed by atoms with Crippen molar-refractivity contribution < 1.29 is 9.90 Å². The fraction of sp³-hybridized carbons (Fsp3) is 0.938. The Kier molecular flexibility index (Phi) is 5.44. The van der Waals surface area contributed by atoms with Gasteiger partial charge in [-0.2, -0.15) is 0 Å². The highest BCUT2D eigenvalue weighted by Gasteiger charge is 2.33. The van der Waals surface area contributed by atoms with Crippen LogP contribution in [0.15, 0.2) is 0 Å². The zero-order chi connectivity index (χ0) is 14.7. The topological polar surface area (TPSA) is 43.8 Å². The van der Waals surface area contributed by atoms with E-state index in [-0.39, 0.29) is 18.1 Å². The lowest BCUT2D eigenvalue weighted by molar-refractivity contribution is -0.140. The molecule has 0 saturated carbocycles. The van der Waals surface area contributed by atoms with E-state index in [1.807, 2.05) is 6.92 Å². The molecule has 0 unspecified atom stereocenters. The molecule has 20 heavy (non-hydrogen) atoms. The van der Waals surface area contributed by atoms with Gasteiger partial charge in [-0.25, -0.2) is 0 Å². The lowest BCUT2D eigenvalue weighted by atomic mass is 9.96. The maximum absolute atomic E-state index is 12.7. The molecule has 1 N–H and O–H groups in total. The number of hydrogen-bond donors (Lipinski definition) is 1. The smallest absolute Gasteiger partial charge is 0.237 e. The fourth-order valence-electron chi connectivity index (χ4n) is 3.93. The summed E-state index contributed by atoms with van der Waals surface area (Å²) in [4.78, 5) is 16.9. The fourth-order valence-corrected chi connectivity index (χ4v) is 3.93. The van der Waals surface area contributed by atoms with E-state index >= 15 is 0 Å². The molecule has 116 valence electrons. The number of aliphatic hydroxyl groups excluding tert-OH is 1. The van der Waals surface area contributed by atoms with Crippen molar-refractivity contribution in [3.63, 3.8) is 0 Å². The molecule has 2 aliphatic rings. The molecular weight excluding hydrogens is 252 g/mol. The third-order valence-electron chi connectivity index (χ3n) is 5.04. The lowest BCUT2D eigenvalue weighted by Crippen LogP contribution is -2.54. The highest BCUT2D eigenvalue weighted by atomic mass is 16.3. The van der Waals surface area contributed by atoms with Gasteiger partial charge in [0.25, 0.3) is 0 Å². The molecule has 0 aromatic heterocycles. The van der Waals surface area contributed by atoms with E-state index in [1.165, 1.54) is 6.42 Å². The van der Waals surface area contributed by atoms with Crippen molar-refractivity contribution in [2.45, 2.75) is 83.5 Å². The van der Waals surface area contributed by atoms with Crippen LogP contribution in [-0.4, -0.2) is 58.1 Å². The van der Waals surface area contributed by atoms with Crippen LogP contribution >= 0.6 is 0 Å². The van der Waals surface area contributed by atoms with Gasteiger partial charge in [-0.1, -0.05) is 6.42 Å². The highest BCUT2D eigenvalue weighted by Crippen LogP contribution is 2.24. The first-order valence-corrected chi connectivity index (χ1v) is 8.24. The number of nitrogens with zero attached hydrogens (tertiary/aromatic N) is 2. The van der Waals surface area contributed by atoms with Crippen LogP contribution in [0.2, 0.25) is 0 Å². The zero-order valence-electron chi connectivity index (χ0n) is 13.2. The van der Waals surface area contributed by atoms with Gasteiger partial charge < -0.3 is 10.0 Å². The Balaban J connectivity index is 1.98. The van der Waals surface area contributed by atoms with Crippen LogP contribution < -0.4 is 0 Å². The van der Waals surface area contributed by atoms with Crippen LogP contribution in [-0.2, 0) is 4.79 Å². The van der Waals surface area contributed by atoms with Gasteiger partial charge in [0.15, 0.2) is 0 Å². The Labute approximate surface area is 123 Å². The Morgan fingerprint density at radius 2 is 1.80 bits per heavy atom. The molecule has 1 amide bonds. The molecule has 0 aliphatic carbocycles. The molecule has 4 heteroatoms. The van der Waals surface area contributed by atoms with Crippen molar-refractivity contribution in [1.29, 1.82) is 0 Å². The van der Waals surface area contributed by atoms with Crippen LogP contribution in [0.1, 0.15) is 59.3 Å². The summed E-state index contributed by atoms with van der Waals surface area (Å²) in [6, 6.07) is 0.880. The minimum atomic E-state index is -0.348. The molecule has 0 spiro atoms. The summed E-state index contributed by atoms with van der Waals surface area (Å²) >= 11 is 0. The van der Waals surface area contributed by atoms with Gasteiger partial charge in [-0.05, 0) is 59.4 Å². The second kappa shape index (κ2) is 6.90. The van der Waals surface area contributed by atoms with E-state index in [9.17, 15) is 9.90 Å². The van der Waals surface area contributed by atoms with E-state index in [1.54, 1.807) is 0 Å². The summed E-state index contributed by atoms with van der Waals surface area (Å²) in [7, 11) is 0. The van der Waals surface area contributed by atoms with Crippen LogP contribution in [0.25, 0.3) is 0 Å². The summed E-state index contributed by atoms with van der Waals surface area (Å²) in [6.07, 6.45) is 6.44. The molecule has 4 atom stereocenters. The van der Waals surface area contributed by atoms with E-state index in [2.05, 4.69) is 23.6 Å². The Morgan fingerprint density at radius 1 is 1.15 bits per heavy atom. The molecule has 2 heterocycles. The number of piperidine rings is 2. The Morgan fingerprint density at radius 3 is 2.40 bits per heavy atom. The third-order valence-corrected chi connectivity index (χ3v) is 5.04. The first-order valence-electron chi connectivity index (χ1n) is 8.24. The normalized spacial score (nSPS) is 34.0. The molecule has 2 aliphatic heterocycles. The number of carbonyl (C=O) groups is 1. The number of hydrogen-bond acceptors (Lipinski definition) is 3.